The number of imide groups is 1. The first-order valence-corrected chi connectivity index (χ1v) is 11.0. The Hall–Kier alpha value is -3.72. The maximum absolute atomic E-state index is 12.9. The number of anilines is 1. The molecule has 0 unspecified atom stereocenters. The molecule has 0 radical (unpaired) electrons. The fourth-order valence-electron chi connectivity index (χ4n) is 3.77. The van der Waals surface area contributed by atoms with E-state index in [0.29, 0.717) is 47.3 Å². The molecule has 2 aromatic carbocycles. The molecule has 3 aromatic rings. The van der Waals surface area contributed by atoms with Gasteiger partial charge in [-0.15, -0.1) is 6.58 Å². The molecule has 0 spiro atoms. The molecule has 32 heavy (non-hydrogen) atoms. The van der Waals surface area contributed by atoms with Crippen LogP contribution in [-0.4, -0.2) is 35.5 Å². The average molecular weight is 449 g/mol. The maximum Gasteiger partial charge on any atom is 0.279 e. The molecule has 162 valence electrons. The van der Waals surface area contributed by atoms with Gasteiger partial charge in [-0.2, -0.15) is 4.99 Å². The molecule has 0 bridgehead atoms. The van der Waals surface area contributed by atoms with Gasteiger partial charge in [0.15, 0.2) is 16.3 Å². The summed E-state index contributed by atoms with van der Waals surface area (Å²) in [5.74, 6) is 0.460. The van der Waals surface area contributed by atoms with Gasteiger partial charge in [-0.25, -0.2) is 0 Å². The molecule has 2 aliphatic heterocycles. The van der Waals surface area contributed by atoms with Crippen LogP contribution in [-0.2, 0) is 16.1 Å². The number of benzene rings is 2. The summed E-state index contributed by atoms with van der Waals surface area (Å²) < 4.78 is 14.2. The maximum atomic E-state index is 12.9. The van der Waals surface area contributed by atoms with E-state index >= 15 is 0 Å². The van der Waals surface area contributed by atoms with E-state index < -0.39 is 5.91 Å². The van der Waals surface area contributed by atoms with Crippen LogP contribution in [0, 0.1) is 0 Å². The lowest BCUT2D eigenvalue weighted by molar-refractivity contribution is -0.121. The van der Waals surface area contributed by atoms with E-state index in [2.05, 4.69) is 11.6 Å². The Bertz CT molecular complexity index is 1320. The van der Waals surface area contributed by atoms with Gasteiger partial charge < -0.3 is 14.0 Å². The molecule has 1 saturated heterocycles. The van der Waals surface area contributed by atoms with E-state index in [4.69, 9.17) is 9.47 Å². The first-order valence-electron chi connectivity index (χ1n) is 10.1. The summed E-state index contributed by atoms with van der Waals surface area (Å²) in [7, 11) is 0. The Balaban J connectivity index is 1.51. The van der Waals surface area contributed by atoms with Crippen LogP contribution >= 0.6 is 11.3 Å². The van der Waals surface area contributed by atoms with Gasteiger partial charge in [-0.3, -0.25) is 19.3 Å². The molecule has 9 heteroatoms. The smallest absolute Gasteiger partial charge is 0.279 e. The summed E-state index contributed by atoms with van der Waals surface area (Å²) in [6, 6.07) is 10.1. The van der Waals surface area contributed by atoms with Crippen molar-refractivity contribution in [2.75, 3.05) is 18.1 Å². The lowest BCUT2D eigenvalue weighted by Crippen LogP contribution is -2.28. The molecule has 3 heterocycles. The van der Waals surface area contributed by atoms with E-state index in [1.807, 2.05) is 16.7 Å². The van der Waals surface area contributed by atoms with Crippen molar-refractivity contribution in [1.29, 1.82) is 0 Å². The fourth-order valence-corrected chi connectivity index (χ4v) is 4.81. The van der Waals surface area contributed by atoms with E-state index in [-0.39, 0.29) is 24.7 Å². The Kier molecular flexibility index (Phi) is 5.10. The monoisotopic (exact) mass is 449 g/mol. The molecule has 5 rings (SSSR count). The van der Waals surface area contributed by atoms with Crippen molar-refractivity contribution < 1.29 is 23.9 Å². The highest BCUT2D eigenvalue weighted by molar-refractivity contribution is 7.16. The number of ether oxygens (including phenoxy) is 2. The van der Waals surface area contributed by atoms with Crippen molar-refractivity contribution in [3.63, 3.8) is 0 Å². The first kappa shape index (κ1) is 20.2. The van der Waals surface area contributed by atoms with Crippen LogP contribution in [0.4, 0.5) is 5.69 Å². The van der Waals surface area contributed by atoms with Crippen LogP contribution < -0.4 is 19.2 Å². The third kappa shape index (κ3) is 3.50. The standard InChI is InChI=1S/C23H19N3O5S/c1-2-9-25-16-12-17-18(31-11-10-30-17)13-19(16)32-23(25)24-22(29)14-3-5-15(6-4-14)26-20(27)7-8-21(26)28/h2-6,12-13H,1,7-11H2. The fraction of sp³-hybridized carbons (Fsp3) is 0.217. The Morgan fingerprint density at radius 1 is 1.06 bits per heavy atom. The molecule has 1 fully saturated rings. The number of aromatic nitrogens is 1. The van der Waals surface area contributed by atoms with Crippen LogP contribution in [0.25, 0.3) is 10.2 Å². The van der Waals surface area contributed by atoms with Gasteiger partial charge in [0, 0.05) is 37.1 Å². The number of carbonyl (C=O) groups is 3. The summed E-state index contributed by atoms with van der Waals surface area (Å²) in [6.07, 6.45) is 2.17. The number of rotatable bonds is 4. The highest BCUT2D eigenvalue weighted by atomic mass is 32.1. The van der Waals surface area contributed by atoms with Crippen LogP contribution in [0.1, 0.15) is 23.2 Å². The van der Waals surface area contributed by atoms with Gasteiger partial charge in [-0.05, 0) is 24.3 Å². The van der Waals surface area contributed by atoms with Crippen LogP contribution in [0.2, 0.25) is 0 Å². The molecular formula is C23H19N3O5S. The average Bonchev–Trinajstić information content (AvgIpc) is 3.31. The summed E-state index contributed by atoms with van der Waals surface area (Å²) >= 11 is 1.38. The quantitative estimate of drug-likeness (QED) is 0.451. The number of amides is 3. The van der Waals surface area contributed by atoms with Crippen molar-refractivity contribution >= 4 is 45.0 Å². The van der Waals surface area contributed by atoms with Crippen molar-refractivity contribution in [2.24, 2.45) is 4.99 Å². The Morgan fingerprint density at radius 2 is 1.72 bits per heavy atom. The molecule has 0 atom stereocenters. The number of hydrogen-bond donors (Lipinski definition) is 0. The van der Waals surface area contributed by atoms with E-state index in [1.165, 1.54) is 11.3 Å². The zero-order valence-corrected chi connectivity index (χ0v) is 17.9. The van der Waals surface area contributed by atoms with E-state index in [1.54, 1.807) is 30.3 Å². The second kappa shape index (κ2) is 8.08. The highest BCUT2D eigenvalue weighted by Crippen LogP contribution is 2.35. The van der Waals surface area contributed by atoms with Gasteiger partial charge in [-0.1, -0.05) is 17.4 Å². The second-order valence-corrected chi connectivity index (χ2v) is 8.34. The number of carbonyl (C=O) groups excluding carboxylic acids is 3. The van der Waals surface area contributed by atoms with Crippen LogP contribution in [0.3, 0.4) is 0 Å². The van der Waals surface area contributed by atoms with Gasteiger partial charge in [0.05, 0.1) is 15.9 Å². The number of hydrogen-bond acceptors (Lipinski definition) is 6. The largest absolute Gasteiger partial charge is 0.486 e. The van der Waals surface area contributed by atoms with Crippen molar-refractivity contribution in [2.45, 2.75) is 19.4 Å². The molecule has 1 aromatic heterocycles. The third-order valence-electron chi connectivity index (χ3n) is 5.28. The number of nitrogens with zero attached hydrogens (tertiary/aromatic N) is 3. The molecule has 3 amide bonds. The van der Waals surface area contributed by atoms with Gasteiger partial charge in [0.2, 0.25) is 11.8 Å². The predicted octanol–water partition coefficient (Wildman–Crippen LogP) is 3.05. The van der Waals surface area contributed by atoms with E-state index in [0.717, 1.165) is 15.1 Å². The van der Waals surface area contributed by atoms with Crippen molar-refractivity contribution in [3.8, 4) is 11.5 Å². The number of fused-ring (bicyclic) bond motifs is 2. The third-order valence-corrected chi connectivity index (χ3v) is 6.32. The molecule has 0 saturated carbocycles. The lowest BCUT2D eigenvalue weighted by atomic mass is 10.2. The van der Waals surface area contributed by atoms with Gasteiger partial charge in [0.1, 0.15) is 13.2 Å². The van der Waals surface area contributed by atoms with Gasteiger partial charge >= 0.3 is 0 Å². The number of thiazole rings is 1. The van der Waals surface area contributed by atoms with Crippen LogP contribution in [0.15, 0.2) is 54.0 Å². The zero-order chi connectivity index (χ0) is 22.2. The zero-order valence-electron chi connectivity index (χ0n) is 17.1. The molecule has 0 aliphatic carbocycles. The minimum Gasteiger partial charge on any atom is -0.486 e. The number of allylic oxidation sites excluding steroid dienone is 1. The topological polar surface area (TPSA) is 90.2 Å². The summed E-state index contributed by atoms with van der Waals surface area (Å²) in [6.45, 7) is 5.27. The van der Waals surface area contributed by atoms with Crippen molar-refractivity contribution in [3.05, 3.63) is 59.4 Å². The van der Waals surface area contributed by atoms with Crippen molar-refractivity contribution in [1.82, 2.24) is 4.57 Å². The SMILES string of the molecule is C=CCn1c(=NC(=O)c2ccc(N3C(=O)CCC3=O)cc2)sc2cc3c(cc21)OCCO3. The lowest BCUT2D eigenvalue weighted by Gasteiger charge is -2.18. The Morgan fingerprint density at radius 3 is 2.38 bits per heavy atom. The summed E-state index contributed by atoms with van der Waals surface area (Å²) in [5, 5.41) is 0. The van der Waals surface area contributed by atoms with Gasteiger partial charge in [0.25, 0.3) is 5.91 Å². The summed E-state index contributed by atoms with van der Waals surface area (Å²) in [5.41, 5.74) is 1.71. The highest BCUT2D eigenvalue weighted by Gasteiger charge is 2.30. The normalized spacial score (nSPS) is 16.1. The first-order chi connectivity index (χ1) is 15.5. The molecule has 8 nitrogen and oxygen atoms in total. The molecule has 0 N–H and O–H groups in total. The van der Waals surface area contributed by atoms with Crippen LogP contribution in [0.5, 0.6) is 11.5 Å². The predicted molar refractivity (Wildman–Crippen MR) is 119 cm³/mol. The molecule has 2 aliphatic rings. The van der Waals surface area contributed by atoms with E-state index in [9.17, 15) is 14.4 Å². The Labute approximate surface area is 187 Å². The molecular weight excluding hydrogens is 430 g/mol. The minimum atomic E-state index is -0.419. The summed E-state index contributed by atoms with van der Waals surface area (Å²) in [4.78, 5) is 42.7. The minimum absolute atomic E-state index is 0.212. The second-order valence-electron chi connectivity index (χ2n) is 7.33.